The third-order valence-corrected chi connectivity index (χ3v) is 2.51. The number of carboxylic acids is 1. The van der Waals surface area contributed by atoms with Crippen molar-refractivity contribution in [3.05, 3.63) is 23.3 Å². The standard InChI is InChI=1S/C10H9NO4/c1-11-7-2-5(10(14)15)3-8(12)6(7)4-9(11)13/h2-3,12H,4H2,1H3,(H,14,15). The molecule has 0 saturated carbocycles. The van der Waals surface area contributed by atoms with Gasteiger partial charge in [0.2, 0.25) is 5.91 Å². The lowest BCUT2D eigenvalue weighted by Crippen LogP contribution is -2.20. The van der Waals surface area contributed by atoms with Crippen molar-refractivity contribution in [1.82, 2.24) is 0 Å². The molecule has 1 aliphatic heterocycles. The van der Waals surface area contributed by atoms with Gasteiger partial charge in [-0.15, -0.1) is 0 Å². The molecule has 1 aromatic rings. The number of phenols is 1. The van der Waals surface area contributed by atoms with E-state index in [0.717, 1.165) is 6.07 Å². The third kappa shape index (κ3) is 1.32. The number of fused-ring (bicyclic) bond motifs is 1. The maximum Gasteiger partial charge on any atom is 0.335 e. The zero-order valence-electron chi connectivity index (χ0n) is 8.02. The number of phenolic OH excluding ortho intramolecular Hbond substituents is 1. The number of amides is 1. The number of carbonyl (C=O) groups is 2. The van der Waals surface area contributed by atoms with Crippen LogP contribution in [0, 0.1) is 0 Å². The average Bonchev–Trinajstić information content (AvgIpc) is 2.45. The highest BCUT2D eigenvalue weighted by molar-refractivity contribution is 6.03. The Balaban J connectivity index is 2.62. The molecule has 0 spiro atoms. The minimum Gasteiger partial charge on any atom is -0.508 e. The summed E-state index contributed by atoms with van der Waals surface area (Å²) in [4.78, 5) is 23.4. The minimum atomic E-state index is -1.12. The van der Waals surface area contributed by atoms with Crippen molar-refractivity contribution in [1.29, 1.82) is 0 Å². The van der Waals surface area contributed by atoms with Gasteiger partial charge >= 0.3 is 5.97 Å². The van der Waals surface area contributed by atoms with Crippen molar-refractivity contribution < 1.29 is 19.8 Å². The number of likely N-dealkylation sites (N-methyl/N-ethyl adjacent to an activating group) is 1. The Morgan fingerprint density at radius 3 is 2.73 bits per heavy atom. The lowest BCUT2D eigenvalue weighted by Gasteiger charge is -2.10. The number of carbonyl (C=O) groups excluding carboxylic acids is 1. The predicted molar refractivity (Wildman–Crippen MR) is 52.2 cm³/mol. The molecule has 2 N–H and O–H groups in total. The molecule has 78 valence electrons. The van der Waals surface area contributed by atoms with E-state index in [4.69, 9.17) is 5.11 Å². The number of rotatable bonds is 1. The fraction of sp³-hybridized carbons (Fsp3) is 0.200. The smallest absolute Gasteiger partial charge is 0.335 e. The molecule has 1 aromatic carbocycles. The molecule has 5 heteroatoms. The Morgan fingerprint density at radius 1 is 1.47 bits per heavy atom. The summed E-state index contributed by atoms with van der Waals surface area (Å²) in [5, 5.41) is 18.3. The highest BCUT2D eigenvalue weighted by Gasteiger charge is 2.28. The first-order valence-electron chi connectivity index (χ1n) is 4.36. The maximum absolute atomic E-state index is 11.3. The average molecular weight is 207 g/mol. The Bertz CT molecular complexity index is 467. The monoisotopic (exact) mass is 207 g/mol. The maximum atomic E-state index is 11.3. The SMILES string of the molecule is CN1C(=O)Cc2c(O)cc(C(=O)O)cc21. The van der Waals surface area contributed by atoms with Gasteiger partial charge in [0, 0.05) is 12.6 Å². The number of benzene rings is 1. The van der Waals surface area contributed by atoms with Crippen molar-refractivity contribution in [2.45, 2.75) is 6.42 Å². The van der Waals surface area contributed by atoms with E-state index in [-0.39, 0.29) is 23.6 Å². The van der Waals surface area contributed by atoms with Crippen LogP contribution in [0.25, 0.3) is 0 Å². The summed E-state index contributed by atoms with van der Waals surface area (Å²) in [7, 11) is 1.55. The summed E-state index contributed by atoms with van der Waals surface area (Å²) in [6, 6.07) is 2.55. The number of anilines is 1. The van der Waals surface area contributed by atoms with E-state index >= 15 is 0 Å². The van der Waals surface area contributed by atoms with E-state index in [1.54, 1.807) is 7.05 Å². The number of hydrogen-bond donors (Lipinski definition) is 2. The number of carboxylic acid groups (broad SMARTS) is 1. The first-order chi connectivity index (χ1) is 7.00. The van der Waals surface area contributed by atoms with Crippen LogP contribution in [0.4, 0.5) is 5.69 Å². The van der Waals surface area contributed by atoms with Gasteiger partial charge in [-0.3, -0.25) is 4.79 Å². The minimum absolute atomic E-state index is 0.0206. The largest absolute Gasteiger partial charge is 0.508 e. The van der Waals surface area contributed by atoms with Crippen LogP contribution < -0.4 is 4.90 Å². The van der Waals surface area contributed by atoms with E-state index in [1.807, 2.05) is 0 Å². The predicted octanol–water partition coefficient (Wildman–Crippen LogP) is 0.609. The first-order valence-corrected chi connectivity index (χ1v) is 4.36. The fourth-order valence-corrected chi connectivity index (χ4v) is 1.65. The van der Waals surface area contributed by atoms with E-state index < -0.39 is 5.97 Å². The van der Waals surface area contributed by atoms with Crippen molar-refractivity contribution in [2.24, 2.45) is 0 Å². The Morgan fingerprint density at radius 2 is 2.13 bits per heavy atom. The van der Waals surface area contributed by atoms with Crippen LogP contribution in [0.2, 0.25) is 0 Å². The van der Waals surface area contributed by atoms with Gasteiger partial charge in [0.25, 0.3) is 0 Å². The summed E-state index contributed by atoms with van der Waals surface area (Å²) >= 11 is 0. The quantitative estimate of drug-likeness (QED) is 0.707. The lowest BCUT2D eigenvalue weighted by molar-refractivity contribution is -0.117. The van der Waals surface area contributed by atoms with Crippen molar-refractivity contribution in [3.63, 3.8) is 0 Å². The van der Waals surface area contributed by atoms with E-state index in [1.165, 1.54) is 11.0 Å². The molecule has 15 heavy (non-hydrogen) atoms. The molecule has 1 aliphatic rings. The third-order valence-electron chi connectivity index (χ3n) is 2.51. The second kappa shape index (κ2) is 2.98. The van der Waals surface area contributed by atoms with Gasteiger partial charge in [-0.2, -0.15) is 0 Å². The second-order valence-electron chi connectivity index (χ2n) is 3.43. The molecule has 2 rings (SSSR count). The fourth-order valence-electron chi connectivity index (χ4n) is 1.65. The first kappa shape index (κ1) is 9.51. The number of nitrogens with zero attached hydrogens (tertiary/aromatic N) is 1. The molecule has 0 atom stereocenters. The number of hydrogen-bond acceptors (Lipinski definition) is 3. The van der Waals surface area contributed by atoms with Gasteiger partial charge in [-0.05, 0) is 12.1 Å². The second-order valence-corrected chi connectivity index (χ2v) is 3.43. The van der Waals surface area contributed by atoms with Gasteiger partial charge in [0.15, 0.2) is 0 Å². The molecule has 0 bridgehead atoms. The van der Waals surface area contributed by atoms with E-state index in [2.05, 4.69) is 0 Å². The molecule has 0 aromatic heterocycles. The van der Waals surface area contributed by atoms with Crippen LogP contribution in [0.5, 0.6) is 5.75 Å². The van der Waals surface area contributed by atoms with Crippen LogP contribution in [-0.4, -0.2) is 29.1 Å². The molecule has 0 aliphatic carbocycles. The van der Waals surface area contributed by atoms with Crippen molar-refractivity contribution in [3.8, 4) is 5.75 Å². The van der Waals surface area contributed by atoms with Crippen LogP contribution in [0.1, 0.15) is 15.9 Å². The molecule has 1 heterocycles. The van der Waals surface area contributed by atoms with Gasteiger partial charge in [0.05, 0.1) is 17.7 Å². The van der Waals surface area contributed by atoms with Crippen LogP contribution >= 0.6 is 0 Å². The Kier molecular flexibility index (Phi) is 1.89. The summed E-state index contributed by atoms with van der Waals surface area (Å²) in [6.07, 6.45) is 0.123. The zero-order valence-corrected chi connectivity index (χ0v) is 8.02. The van der Waals surface area contributed by atoms with Crippen molar-refractivity contribution >= 4 is 17.6 Å². The number of aromatic carboxylic acids is 1. The van der Waals surface area contributed by atoms with Crippen LogP contribution in [0.15, 0.2) is 12.1 Å². The zero-order chi connectivity index (χ0) is 11.2. The number of aromatic hydroxyl groups is 1. The molecule has 0 fully saturated rings. The van der Waals surface area contributed by atoms with Gasteiger partial charge < -0.3 is 15.1 Å². The summed E-state index contributed by atoms with van der Waals surface area (Å²) in [5.74, 6) is -1.41. The topological polar surface area (TPSA) is 77.8 Å². The highest BCUT2D eigenvalue weighted by Crippen LogP contribution is 2.35. The molecule has 0 radical (unpaired) electrons. The van der Waals surface area contributed by atoms with Gasteiger partial charge in [-0.1, -0.05) is 0 Å². The van der Waals surface area contributed by atoms with Crippen LogP contribution in [0.3, 0.4) is 0 Å². The summed E-state index contributed by atoms with van der Waals surface area (Å²) < 4.78 is 0. The Labute approximate surface area is 85.6 Å². The molecule has 5 nitrogen and oxygen atoms in total. The highest BCUT2D eigenvalue weighted by atomic mass is 16.4. The van der Waals surface area contributed by atoms with Crippen LogP contribution in [-0.2, 0) is 11.2 Å². The summed E-state index contributed by atoms with van der Waals surface area (Å²) in [6.45, 7) is 0. The normalized spacial score (nSPS) is 14.2. The Hall–Kier alpha value is -2.04. The molecular formula is C10H9NO4. The molecule has 0 unspecified atom stereocenters. The van der Waals surface area contributed by atoms with E-state index in [9.17, 15) is 14.7 Å². The lowest BCUT2D eigenvalue weighted by atomic mass is 10.1. The van der Waals surface area contributed by atoms with Crippen molar-refractivity contribution in [2.75, 3.05) is 11.9 Å². The summed E-state index contributed by atoms with van der Waals surface area (Å²) in [5.41, 5.74) is 0.942. The van der Waals surface area contributed by atoms with Gasteiger partial charge in [0.1, 0.15) is 5.75 Å². The van der Waals surface area contributed by atoms with E-state index in [0.29, 0.717) is 11.3 Å². The molecule has 0 saturated heterocycles. The molecule has 1 amide bonds. The van der Waals surface area contributed by atoms with Gasteiger partial charge in [-0.25, -0.2) is 4.79 Å². The molecular weight excluding hydrogens is 198 g/mol.